The average molecular weight is 273 g/mol. The molecule has 1 unspecified atom stereocenters. The van der Waals surface area contributed by atoms with E-state index < -0.39 is 6.10 Å². The predicted molar refractivity (Wildman–Crippen MR) is 81.4 cm³/mol. The van der Waals surface area contributed by atoms with Gasteiger partial charge in [0, 0.05) is 6.54 Å². The van der Waals surface area contributed by atoms with Crippen molar-refractivity contribution in [2.75, 3.05) is 0 Å². The van der Waals surface area contributed by atoms with Gasteiger partial charge >= 0.3 is 0 Å². The second kappa shape index (κ2) is 5.29. The lowest BCUT2D eigenvalue weighted by Crippen LogP contribution is -2.35. The van der Waals surface area contributed by atoms with Crippen LogP contribution in [0.4, 0.5) is 0 Å². The number of hydrogen-bond donors (Lipinski definition) is 2. The van der Waals surface area contributed by atoms with Gasteiger partial charge in [-0.05, 0) is 17.5 Å². The van der Waals surface area contributed by atoms with Crippen LogP contribution in [0.15, 0.2) is 36.9 Å². The summed E-state index contributed by atoms with van der Waals surface area (Å²) in [4.78, 5) is 0. The number of nitrogens with zero attached hydrogens (tertiary/aromatic N) is 2. The second-order valence-corrected chi connectivity index (χ2v) is 6.20. The highest BCUT2D eigenvalue weighted by molar-refractivity contribution is 5.75. The number of aliphatic hydroxyl groups excluding tert-OH is 1. The molecule has 0 bridgehead atoms. The minimum Gasteiger partial charge on any atom is -0.391 e. The van der Waals surface area contributed by atoms with Crippen molar-refractivity contribution in [2.24, 2.45) is 5.41 Å². The predicted octanol–water partition coefficient (Wildman–Crippen LogP) is 2.52. The summed E-state index contributed by atoms with van der Waals surface area (Å²) in [5.74, 6) is 0. The smallest absolute Gasteiger partial charge is 0.203 e. The Morgan fingerprint density at radius 1 is 1.25 bits per heavy atom. The summed E-state index contributed by atoms with van der Waals surface area (Å²) in [6.07, 6.45) is 1.29. The third-order valence-corrected chi connectivity index (χ3v) is 3.64. The van der Waals surface area contributed by atoms with Crippen LogP contribution in [0.2, 0.25) is 0 Å². The lowest BCUT2D eigenvalue weighted by molar-refractivity contribution is 0.0478. The SMILES string of the molecule is C=CCn1c(=N)n(CC(O)C(C)(C)C)c2ccccc21. The summed E-state index contributed by atoms with van der Waals surface area (Å²) in [6, 6.07) is 7.91. The maximum atomic E-state index is 10.3. The van der Waals surface area contributed by atoms with Gasteiger partial charge in [-0.3, -0.25) is 5.41 Å². The number of fused-ring (bicyclic) bond motifs is 1. The number of hydrogen-bond acceptors (Lipinski definition) is 2. The normalized spacial score (nSPS) is 13.6. The Balaban J connectivity index is 2.56. The number of nitrogens with one attached hydrogen (secondary N) is 1. The molecule has 20 heavy (non-hydrogen) atoms. The van der Waals surface area contributed by atoms with Crippen molar-refractivity contribution < 1.29 is 5.11 Å². The van der Waals surface area contributed by atoms with Crippen LogP contribution in [-0.4, -0.2) is 20.3 Å². The van der Waals surface area contributed by atoms with E-state index in [1.807, 2.05) is 54.2 Å². The maximum Gasteiger partial charge on any atom is 0.203 e. The highest BCUT2D eigenvalue weighted by Gasteiger charge is 2.24. The Morgan fingerprint density at radius 2 is 1.80 bits per heavy atom. The second-order valence-electron chi connectivity index (χ2n) is 6.20. The molecule has 0 amide bonds. The van der Waals surface area contributed by atoms with Crippen molar-refractivity contribution in [1.29, 1.82) is 5.41 Å². The Kier molecular flexibility index (Phi) is 3.86. The first-order valence-corrected chi connectivity index (χ1v) is 6.88. The molecule has 0 fully saturated rings. The van der Waals surface area contributed by atoms with Crippen LogP contribution in [0.3, 0.4) is 0 Å². The number of imidazole rings is 1. The van der Waals surface area contributed by atoms with Gasteiger partial charge in [0.2, 0.25) is 5.62 Å². The molecule has 2 aromatic rings. The van der Waals surface area contributed by atoms with Crippen LogP contribution in [0.5, 0.6) is 0 Å². The van der Waals surface area contributed by atoms with Crippen molar-refractivity contribution >= 4 is 11.0 Å². The molecule has 1 aromatic carbocycles. The Hall–Kier alpha value is -1.81. The van der Waals surface area contributed by atoms with Crippen LogP contribution >= 0.6 is 0 Å². The molecule has 0 spiro atoms. The molecule has 4 nitrogen and oxygen atoms in total. The van der Waals surface area contributed by atoms with E-state index in [9.17, 15) is 5.11 Å². The van der Waals surface area contributed by atoms with E-state index in [2.05, 4.69) is 6.58 Å². The molecular weight excluding hydrogens is 250 g/mol. The fourth-order valence-electron chi connectivity index (χ4n) is 2.24. The van der Waals surface area contributed by atoms with Gasteiger partial charge in [0.25, 0.3) is 0 Å². The van der Waals surface area contributed by atoms with Gasteiger partial charge in [-0.25, -0.2) is 0 Å². The standard InChI is InChI=1S/C16H23N3O/c1-5-10-18-12-8-6-7-9-13(12)19(15(18)17)11-14(20)16(2,3)4/h5-9,14,17,20H,1,10-11H2,2-4H3. The molecule has 2 rings (SSSR count). The number of allylic oxidation sites excluding steroid dienone is 1. The van der Waals surface area contributed by atoms with Gasteiger partial charge in [-0.2, -0.15) is 0 Å². The van der Waals surface area contributed by atoms with Crippen molar-refractivity contribution in [3.05, 3.63) is 42.5 Å². The zero-order chi connectivity index (χ0) is 14.9. The topological polar surface area (TPSA) is 53.9 Å². The molecule has 0 aliphatic carbocycles. The molecule has 0 aliphatic rings. The van der Waals surface area contributed by atoms with Crippen LogP contribution in [-0.2, 0) is 13.1 Å². The van der Waals surface area contributed by atoms with E-state index >= 15 is 0 Å². The molecule has 0 aliphatic heterocycles. The van der Waals surface area contributed by atoms with Crippen LogP contribution in [0.1, 0.15) is 20.8 Å². The Labute approximate surface area is 119 Å². The first-order chi connectivity index (χ1) is 9.36. The maximum absolute atomic E-state index is 10.3. The van der Waals surface area contributed by atoms with Gasteiger partial charge < -0.3 is 14.2 Å². The molecule has 4 heteroatoms. The van der Waals surface area contributed by atoms with E-state index in [1.54, 1.807) is 6.08 Å². The van der Waals surface area contributed by atoms with Gasteiger partial charge in [0.15, 0.2) is 0 Å². The molecule has 0 saturated carbocycles. The molecule has 2 N–H and O–H groups in total. The number of aromatic nitrogens is 2. The first-order valence-electron chi connectivity index (χ1n) is 6.88. The molecule has 108 valence electrons. The molecule has 1 heterocycles. The number of aliphatic hydroxyl groups is 1. The molecule has 1 atom stereocenters. The van der Waals surface area contributed by atoms with E-state index in [1.165, 1.54) is 0 Å². The van der Waals surface area contributed by atoms with Crippen LogP contribution in [0, 0.1) is 10.8 Å². The highest BCUT2D eigenvalue weighted by atomic mass is 16.3. The zero-order valence-corrected chi connectivity index (χ0v) is 12.4. The summed E-state index contributed by atoms with van der Waals surface area (Å²) in [6.45, 7) is 10.8. The lowest BCUT2D eigenvalue weighted by atomic mass is 9.89. The van der Waals surface area contributed by atoms with Crippen LogP contribution in [0.25, 0.3) is 11.0 Å². The Bertz CT molecular complexity index is 673. The minimum atomic E-state index is -0.500. The minimum absolute atomic E-state index is 0.207. The molecule has 1 aromatic heterocycles. The molecule has 0 saturated heterocycles. The van der Waals surface area contributed by atoms with Crippen molar-refractivity contribution in [3.63, 3.8) is 0 Å². The van der Waals surface area contributed by atoms with E-state index in [-0.39, 0.29) is 5.41 Å². The van der Waals surface area contributed by atoms with Crippen LogP contribution < -0.4 is 5.62 Å². The third kappa shape index (κ3) is 2.56. The van der Waals surface area contributed by atoms with Gasteiger partial charge in [-0.1, -0.05) is 39.0 Å². The van der Waals surface area contributed by atoms with E-state index in [0.29, 0.717) is 18.7 Å². The number of rotatable bonds is 4. The Morgan fingerprint density at radius 3 is 2.30 bits per heavy atom. The summed E-state index contributed by atoms with van der Waals surface area (Å²) >= 11 is 0. The summed E-state index contributed by atoms with van der Waals surface area (Å²) in [5.41, 5.74) is 2.16. The third-order valence-electron chi connectivity index (χ3n) is 3.64. The molecule has 0 radical (unpaired) electrons. The van der Waals surface area contributed by atoms with Gasteiger partial charge in [-0.15, -0.1) is 6.58 Å². The number of benzene rings is 1. The van der Waals surface area contributed by atoms with Crippen molar-refractivity contribution in [2.45, 2.75) is 40.0 Å². The fraction of sp³-hybridized carbons (Fsp3) is 0.438. The quantitative estimate of drug-likeness (QED) is 0.826. The van der Waals surface area contributed by atoms with E-state index in [0.717, 1.165) is 11.0 Å². The fourth-order valence-corrected chi connectivity index (χ4v) is 2.24. The number of para-hydroxylation sites is 2. The lowest BCUT2D eigenvalue weighted by Gasteiger charge is -2.26. The molecular formula is C16H23N3O. The van der Waals surface area contributed by atoms with Gasteiger partial charge in [0.1, 0.15) is 0 Å². The average Bonchev–Trinajstić information content (AvgIpc) is 2.64. The highest BCUT2D eigenvalue weighted by Crippen LogP contribution is 2.22. The summed E-state index contributed by atoms with van der Waals surface area (Å²) in [5, 5.41) is 18.7. The zero-order valence-electron chi connectivity index (χ0n) is 12.4. The van der Waals surface area contributed by atoms with Crippen molar-refractivity contribution in [3.8, 4) is 0 Å². The van der Waals surface area contributed by atoms with E-state index in [4.69, 9.17) is 5.41 Å². The first kappa shape index (κ1) is 14.6. The summed E-state index contributed by atoms with van der Waals surface area (Å²) in [7, 11) is 0. The monoisotopic (exact) mass is 273 g/mol. The van der Waals surface area contributed by atoms with Crippen molar-refractivity contribution in [1.82, 2.24) is 9.13 Å². The largest absolute Gasteiger partial charge is 0.391 e. The van der Waals surface area contributed by atoms with Gasteiger partial charge in [0.05, 0.1) is 23.7 Å². The summed E-state index contributed by atoms with van der Waals surface area (Å²) < 4.78 is 3.77.